The number of aryl methyl sites for hydroxylation is 1. The smallest absolute Gasteiger partial charge is 0.257 e. The van der Waals surface area contributed by atoms with E-state index in [0.717, 1.165) is 29.8 Å². The zero-order valence-corrected chi connectivity index (χ0v) is 11.0. The van der Waals surface area contributed by atoms with Crippen molar-refractivity contribution < 1.29 is 0 Å². The molecule has 0 fully saturated rings. The van der Waals surface area contributed by atoms with Gasteiger partial charge in [0.25, 0.3) is 5.56 Å². The van der Waals surface area contributed by atoms with Gasteiger partial charge >= 0.3 is 0 Å². The molecule has 1 N–H and O–H groups in total. The molecule has 2 heterocycles. The molecule has 4 nitrogen and oxygen atoms in total. The zero-order chi connectivity index (χ0) is 13.2. The Balaban J connectivity index is 1.93. The van der Waals surface area contributed by atoms with E-state index in [2.05, 4.69) is 41.5 Å². The van der Waals surface area contributed by atoms with E-state index in [4.69, 9.17) is 0 Å². The van der Waals surface area contributed by atoms with E-state index < -0.39 is 0 Å². The van der Waals surface area contributed by atoms with Gasteiger partial charge < -0.3 is 5.32 Å². The van der Waals surface area contributed by atoms with Crippen LogP contribution in [0.3, 0.4) is 0 Å². The van der Waals surface area contributed by atoms with Crippen molar-refractivity contribution in [2.75, 3.05) is 6.54 Å². The number of hydrogen-bond donors (Lipinski definition) is 1. The van der Waals surface area contributed by atoms with Gasteiger partial charge in [0.1, 0.15) is 0 Å². The Hall–Kier alpha value is -1.94. The van der Waals surface area contributed by atoms with Crippen molar-refractivity contribution in [1.29, 1.82) is 0 Å². The summed E-state index contributed by atoms with van der Waals surface area (Å²) in [6.45, 7) is 4.21. The van der Waals surface area contributed by atoms with Gasteiger partial charge in [0.2, 0.25) is 0 Å². The van der Waals surface area contributed by atoms with Gasteiger partial charge in [0.15, 0.2) is 0 Å². The summed E-state index contributed by atoms with van der Waals surface area (Å²) >= 11 is 0. The molecule has 0 amide bonds. The van der Waals surface area contributed by atoms with Crippen molar-refractivity contribution in [2.45, 2.75) is 26.4 Å². The quantitative estimate of drug-likeness (QED) is 0.878. The van der Waals surface area contributed by atoms with Crippen LogP contribution in [0.15, 0.2) is 35.4 Å². The molecule has 3 rings (SSSR count). The number of rotatable bonds is 2. The van der Waals surface area contributed by atoms with Crippen LogP contribution in [0.25, 0.3) is 0 Å². The first-order valence-electron chi connectivity index (χ1n) is 6.57. The summed E-state index contributed by atoms with van der Waals surface area (Å²) in [5.74, 6) is 0. The third-order valence-electron chi connectivity index (χ3n) is 3.54. The van der Waals surface area contributed by atoms with Crippen LogP contribution in [0.5, 0.6) is 0 Å². The third-order valence-corrected chi connectivity index (χ3v) is 3.54. The first-order valence-corrected chi connectivity index (χ1v) is 6.57. The molecule has 0 saturated carbocycles. The maximum absolute atomic E-state index is 12.4. The minimum absolute atomic E-state index is 0.104. The monoisotopic (exact) mass is 255 g/mol. The number of nitrogens with zero attached hydrogens (tertiary/aromatic N) is 2. The summed E-state index contributed by atoms with van der Waals surface area (Å²) in [5.41, 5.74) is 4.23. The van der Waals surface area contributed by atoms with Crippen molar-refractivity contribution in [1.82, 2.24) is 14.9 Å². The van der Waals surface area contributed by atoms with Crippen LogP contribution in [0.2, 0.25) is 0 Å². The second kappa shape index (κ2) is 4.97. The molecule has 1 aromatic heterocycles. The van der Waals surface area contributed by atoms with E-state index in [-0.39, 0.29) is 5.56 Å². The van der Waals surface area contributed by atoms with Crippen molar-refractivity contribution in [2.24, 2.45) is 0 Å². The lowest BCUT2D eigenvalue weighted by Gasteiger charge is -2.16. The van der Waals surface area contributed by atoms with Gasteiger partial charge in [-0.25, -0.2) is 4.98 Å². The maximum Gasteiger partial charge on any atom is 0.257 e. The maximum atomic E-state index is 12.4. The van der Waals surface area contributed by atoms with Crippen molar-refractivity contribution in [3.63, 3.8) is 0 Å². The fraction of sp³-hybridized carbons (Fsp3) is 0.333. The van der Waals surface area contributed by atoms with E-state index in [0.29, 0.717) is 13.1 Å². The largest absolute Gasteiger partial charge is 0.311 e. The SMILES string of the molecule is Cc1ccc(Cn2cnc3c(c2=O)CCNC3)cc1. The van der Waals surface area contributed by atoms with Gasteiger partial charge in [-0.05, 0) is 25.5 Å². The van der Waals surface area contributed by atoms with Gasteiger partial charge in [0, 0.05) is 12.1 Å². The van der Waals surface area contributed by atoms with Gasteiger partial charge in [-0.3, -0.25) is 9.36 Å². The topological polar surface area (TPSA) is 46.9 Å². The highest BCUT2D eigenvalue weighted by Gasteiger charge is 2.15. The summed E-state index contributed by atoms with van der Waals surface area (Å²) in [4.78, 5) is 16.8. The number of nitrogens with one attached hydrogen (secondary N) is 1. The number of fused-ring (bicyclic) bond motifs is 1. The van der Waals surface area contributed by atoms with E-state index in [1.54, 1.807) is 10.9 Å². The Kier molecular flexibility index (Phi) is 3.17. The van der Waals surface area contributed by atoms with Crippen LogP contribution in [0, 0.1) is 6.92 Å². The van der Waals surface area contributed by atoms with E-state index in [1.165, 1.54) is 5.56 Å². The molecular formula is C15H17N3O. The first-order chi connectivity index (χ1) is 9.24. The number of benzene rings is 1. The van der Waals surface area contributed by atoms with E-state index >= 15 is 0 Å². The van der Waals surface area contributed by atoms with Gasteiger partial charge in [-0.2, -0.15) is 0 Å². The second-order valence-electron chi connectivity index (χ2n) is 5.02. The normalized spacial score (nSPS) is 14.2. The van der Waals surface area contributed by atoms with Crippen molar-refractivity contribution in [3.05, 3.63) is 63.3 Å². The highest BCUT2D eigenvalue weighted by Crippen LogP contribution is 2.08. The van der Waals surface area contributed by atoms with Crippen LogP contribution < -0.4 is 10.9 Å². The standard InChI is InChI=1S/C15H17N3O/c1-11-2-4-12(5-3-11)9-18-10-17-14-8-16-7-6-13(14)15(18)19/h2-5,10,16H,6-9H2,1H3. The summed E-state index contributed by atoms with van der Waals surface area (Å²) in [5, 5.41) is 3.23. The Morgan fingerprint density at radius 2 is 2.11 bits per heavy atom. The minimum Gasteiger partial charge on any atom is -0.311 e. The molecule has 98 valence electrons. The summed E-state index contributed by atoms with van der Waals surface area (Å²) in [6, 6.07) is 8.25. The number of hydrogen-bond acceptors (Lipinski definition) is 3. The average Bonchev–Trinajstić information content (AvgIpc) is 2.45. The molecule has 1 aromatic carbocycles. The summed E-state index contributed by atoms with van der Waals surface area (Å²) < 4.78 is 1.70. The van der Waals surface area contributed by atoms with Crippen LogP contribution in [0.1, 0.15) is 22.4 Å². The molecule has 0 saturated heterocycles. The molecule has 0 bridgehead atoms. The molecule has 19 heavy (non-hydrogen) atoms. The number of aromatic nitrogens is 2. The lowest BCUT2D eigenvalue weighted by atomic mass is 10.1. The highest BCUT2D eigenvalue weighted by atomic mass is 16.1. The van der Waals surface area contributed by atoms with E-state index in [1.807, 2.05) is 0 Å². The van der Waals surface area contributed by atoms with Crippen LogP contribution in [0.4, 0.5) is 0 Å². The Morgan fingerprint density at radius 1 is 1.32 bits per heavy atom. The Morgan fingerprint density at radius 3 is 2.89 bits per heavy atom. The fourth-order valence-electron chi connectivity index (χ4n) is 2.39. The van der Waals surface area contributed by atoms with Crippen molar-refractivity contribution >= 4 is 0 Å². The average molecular weight is 255 g/mol. The first kappa shape index (κ1) is 12.1. The van der Waals surface area contributed by atoms with Gasteiger partial charge in [-0.1, -0.05) is 29.8 Å². The second-order valence-corrected chi connectivity index (χ2v) is 5.02. The molecule has 0 aliphatic carbocycles. The zero-order valence-electron chi connectivity index (χ0n) is 11.0. The van der Waals surface area contributed by atoms with Crippen LogP contribution in [-0.4, -0.2) is 16.1 Å². The summed E-state index contributed by atoms with van der Waals surface area (Å²) in [6.07, 6.45) is 2.43. The highest BCUT2D eigenvalue weighted by molar-refractivity contribution is 5.23. The third kappa shape index (κ3) is 2.44. The predicted octanol–water partition coefficient (Wildman–Crippen LogP) is 1.25. The Labute approximate surface area is 112 Å². The molecule has 0 spiro atoms. The minimum atomic E-state index is 0.104. The van der Waals surface area contributed by atoms with Crippen molar-refractivity contribution in [3.8, 4) is 0 Å². The molecule has 0 radical (unpaired) electrons. The van der Waals surface area contributed by atoms with Crippen LogP contribution in [-0.2, 0) is 19.5 Å². The predicted molar refractivity (Wildman–Crippen MR) is 74.2 cm³/mol. The molecule has 4 heteroatoms. The summed E-state index contributed by atoms with van der Waals surface area (Å²) in [7, 11) is 0. The lowest BCUT2D eigenvalue weighted by Crippen LogP contribution is -2.34. The van der Waals surface area contributed by atoms with Gasteiger partial charge in [0.05, 0.1) is 18.6 Å². The molecule has 0 atom stereocenters. The molecule has 2 aromatic rings. The van der Waals surface area contributed by atoms with Crippen LogP contribution >= 0.6 is 0 Å². The molecular weight excluding hydrogens is 238 g/mol. The fourth-order valence-corrected chi connectivity index (χ4v) is 2.39. The lowest BCUT2D eigenvalue weighted by molar-refractivity contribution is 0.596. The van der Waals surface area contributed by atoms with Gasteiger partial charge in [-0.15, -0.1) is 0 Å². The van der Waals surface area contributed by atoms with E-state index in [9.17, 15) is 4.79 Å². The molecule has 1 aliphatic heterocycles. The Bertz CT molecular complexity index is 643. The molecule has 0 unspecified atom stereocenters. The molecule has 1 aliphatic rings.